The number of allylic oxidation sites excluding steroid dienone is 1. The molecule has 7 heteroatoms. The van der Waals surface area contributed by atoms with Gasteiger partial charge in [0, 0.05) is 5.92 Å². The monoisotopic (exact) mass is 425 g/mol. The number of aliphatic hydroxyl groups excluding tert-OH is 1. The van der Waals surface area contributed by atoms with Crippen LogP contribution in [0.4, 0.5) is 0 Å². The van der Waals surface area contributed by atoms with Crippen molar-refractivity contribution in [3.63, 3.8) is 0 Å². The third kappa shape index (κ3) is 2.21. The molecule has 0 aromatic carbocycles. The molecular formula is C24H27NO6. The molecular weight excluding hydrogens is 398 g/mol. The fourth-order valence-corrected chi connectivity index (χ4v) is 7.58. The van der Waals surface area contributed by atoms with Gasteiger partial charge in [-0.15, -0.1) is 0 Å². The first kappa shape index (κ1) is 19.3. The zero-order valence-electron chi connectivity index (χ0n) is 17.5. The van der Waals surface area contributed by atoms with Crippen LogP contribution >= 0.6 is 0 Å². The maximum atomic E-state index is 13.7. The molecule has 0 radical (unpaired) electrons. The molecule has 1 aliphatic heterocycles. The topological polar surface area (TPSA) is 109 Å². The van der Waals surface area contributed by atoms with E-state index < -0.39 is 46.4 Å². The maximum Gasteiger partial charge on any atom is 0.315 e. The standard InChI is InChI=1S/C24H27NO6/c1-12-9-23-11-24(12,29)6-5-15(23)14-8-16-19(26)22(2,21(28)31-16)17(14)18(23)20(27)25-10-13-4-3-7-30-13/h3-4,7-8,15-19,26,29H,1,5-6,9-11H2,2H3,(H,25,27)/t15-,16+,17+,18+,19-,22-,23-,24-/m0/s1. The molecule has 3 N–H and O–H groups in total. The first-order valence-corrected chi connectivity index (χ1v) is 11.0. The highest BCUT2D eigenvalue weighted by molar-refractivity contribution is 5.87. The molecule has 1 amide bonds. The lowest BCUT2D eigenvalue weighted by Crippen LogP contribution is -2.52. The van der Waals surface area contributed by atoms with Gasteiger partial charge in [0.15, 0.2) is 0 Å². The molecule has 6 rings (SSSR count). The van der Waals surface area contributed by atoms with Crippen molar-refractivity contribution in [3.8, 4) is 0 Å². The van der Waals surface area contributed by atoms with E-state index in [2.05, 4.69) is 11.9 Å². The number of rotatable bonds is 3. The Kier molecular flexibility index (Phi) is 3.67. The molecule has 164 valence electrons. The Hall–Kier alpha value is -2.38. The van der Waals surface area contributed by atoms with Crippen LogP contribution in [0.1, 0.15) is 38.4 Å². The van der Waals surface area contributed by atoms with E-state index >= 15 is 0 Å². The van der Waals surface area contributed by atoms with E-state index in [1.54, 1.807) is 25.3 Å². The number of amides is 1. The average Bonchev–Trinajstić information content (AvgIpc) is 3.41. The van der Waals surface area contributed by atoms with Crippen molar-refractivity contribution in [1.82, 2.24) is 5.32 Å². The Morgan fingerprint density at radius 3 is 2.97 bits per heavy atom. The van der Waals surface area contributed by atoms with Crippen LogP contribution in [0.15, 0.2) is 46.6 Å². The Labute approximate surface area is 180 Å². The Bertz CT molecular complexity index is 1030. The average molecular weight is 425 g/mol. The highest BCUT2D eigenvalue weighted by Gasteiger charge is 2.75. The van der Waals surface area contributed by atoms with Gasteiger partial charge in [0.1, 0.15) is 23.4 Å². The predicted octanol–water partition coefficient (Wildman–Crippen LogP) is 1.85. The molecule has 5 aliphatic rings. The van der Waals surface area contributed by atoms with Crippen LogP contribution in [0.2, 0.25) is 0 Å². The van der Waals surface area contributed by atoms with Crippen molar-refractivity contribution < 1.29 is 29.0 Å². The molecule has 1 spiro atoms. The third-order valence-electron chi connectivity index (χ3n) is 8.99. The van der Waals surface area contributed by atoms with Crippen molar-refractivity contribution in [2.24, 2.45) is 28.6 Å². The summed E-state index contributed by atoms with van der Waals surface area (Å²) in [6.45, 7) is 6.13. The molecule has 31 heavy (non-hydrogen) atoms. The molecule has 7 nitrogen and oxygen atoms in total. The van der Waals surface area contributed by atoms with Gasteiger partial charge in [-0.2, -0.15) is 0 Å². The van der Waals surface area contributed by atoms with E-state index in [0.717, 1.165) is 17.6 Å². The number of furan rings is 1. The van der Waals surface area contributed by atoms with Crippen LogP contribution in [0.5, 0.6) is 0 Å². The Morgan fingerprint density at radius 2 is 2.23 bits per heavy atom. The van der Waals surface area contributed by atoms with Crippen LogP contribution in [0.3, 0.4) is 0 Å². The highest BCUT2D eigenvalue weighted by Crippen LogP contribution is 2.74. The molecule has 3 saturated carbocycles. The van der Waals surface area contributed by atoms with Gasteiger partial charge in [0.2, 0.25) is 5.91 Å². The summed E-state index contributed by atoms with van der Waals surface area (Å²) in [5.41, 5.74) is -0.852. The summed E-state index contributed by atoms with van der Waals surface area (Å²) >= 11 is 0. The molecule has 4 aliphatic carbocycles. The zero-order chi connectivity index (χ0) is 21.8. The van der Waals surface area contributed by atoms with E-state index in [1.807, 2.05) is 6.08 Å². The number of nitrogens with one attached hydrogen (secondary N) is 1. The maximum absolute atomic E-state index is 13.7. The molecule has 0 unspecified atom stereocenters. The zero-order valence-corrected chi connectivity index (χ0v) is 17.5. The first-order chi connectivity index (χ1) is 14.7. The summed E-state index contributed by atoms with van der Waals surface area (Å²) in [4.78, 5) is 26.7. The van der Waals surface area contributed by atoms with Crippen LogP contribution in [0, 0.1) is 28.6 Å². The van der Waals surface area contributed by atoms with Crippen molar-refractivity contribution in [2.75, 3.05) is 0 Å². The second-order valence-corrected chi connectivity index (χ2v) is 10.3. The number of aliphatic hydroxyl groups is 2. The van der Waals surface area contributed by atoms with E-state index in [4.69, 9.17) is 9.15 Å². The minimum atomic E-state index is -1.18. The molecule has 4 fully saturated rings. The third-order valence-corrected chi connectivity index (χ3v) is 8.99. The first-order valence-electron chi connectivity index (χ1n) is 11.0. The van der Waals surface area contributed by atoms with Crippen LogP contribution in [0.25, 0.3) is 0 Å². The normalized spacial score (nSPS) is 46.9. The predicted molar refractivity (Wildman–Crippen MR) is 108 cm³/mol. The largest absolute Gasteiger partial charge is 0.467 e. The molecule has 1 aromatic rings. The fourth-order valence-electron chi connectivity index (χ4n) is 7.58. The summed E-state index contributed by atoms with van der Waals surface area (Å²) in [5.74, 6) is -0.977. The number of hydrogen-bond acceptors (Lipinski definition) is 6. The minimum absolute atomic E-state index is 0.0558. The van der Waals surface area contributed by atoms with Crippen molar-refractivity contribution in [1.29, 1.82) is 0 Å². The molecule has 1 aromatic heterocycles. The Balaban J connectivity index is 1.47. The van der Waals surface area contributed by atoms with Gasteiger partial charge in [0.05, 0.1) is 24.3 Å². The van der Waals surface area contributed by atoms with Gasteiger partial charge in [-0.25, -0.2) is 0 Å². The van der Waals surface area contributed by atoms with Gasteiger partial charge in [-0.05, 0) is 67.7 Å². The number of fused-ring (bicyclic) bond motifs is 6. The summed E-state index contributed by atoms with van der Waals surface area (Å²) < 4.78 is 10.9. The van der Waals surface area contributed by atoms with Crippen LogP contribution in [-0.2, 0) is 20.9 Å². The van der Waals surface area contributed by atoms with Crippen molar-refractivity contribution >= 4 is 11.9 Å². The minimum Gasteiger partial charge on any atom is -0.467 e. The second-order valence-electron chi connectivity index (χ2n) is 10.3. The number of hydrogen-bond donors (Lipinski definition) is 3. The Morgan fingerprint density at radius 1 is 1.42 bits per heavy atom. The van der Waals surface area contributed by atoms with Crippen LogP contribution in [-0.4, -0.2) is 39.9 Å². The summed E-state index contributed by atoms with van der Waals surface area (Å²) in [5, 5.41) is 25.2. The molecule has 8 atom stereocenters. The van der Waals surface area contributed by atoms with Gasteiger partial charge in [-0.3, -0.25) is 9.59 Å². The number of esters is 1. The fraction of sp³-hybridized carbons (Fsp3) is 0.583. The van der Waals surface area contributed by atoms with Gasteiger partial charge in [-0.1, -0.05) is 12.2 Å². The highest BCUT2D eigenvalue weighted by atomic mass is 16.6. The van der Waals surface area contributed by atoms with E-state index in [0.29, 0.717) is 25.0 Å². The smallest absolute Gasteiger partial charge is 0.315 e. The quantitative estimate of drug-likeness (QED) is 0.504. The molecule has 2 heterocycles. The number of carbonyl (C=O) groups excluding carboxylic acids is 2. The van der Waals surface area contributed by atoms with Crippen molar-refractivity contribution in [3.05, 3.63) is 48.0 Å². The van der Waals surface area contributed by atoms with Gasteiger partial charge in [0.25, 0.3) is 0 Å². The molecule has 4 bridgehead atoms. The number of ether oxygens (including phenoxy) is 1. The van der Waals surface area contributed by atoms with E-state index in [1.165, 1.54) is 0 Å². The SMILES string of the molecule is C=C1C[C@]23C[C@@]1(O)CC[C@H]2C1=C[C@H]2OC(=O)[C@@](C)([C@H]1[C@@H]3C(=O)NCc1ccco1)[C@H]2O. The summed E-state index contributed by atoms with van der Waals surface area (Å²) in [6, 6.07) is 3.56. The summed E-state index contributed by atoms with van der Waals surface area (Å²) in [7, 11) is 0. The van der Waals surface area contributed by atoms with E-state index in [9.17, 15) is 19.8 Å². The van der Waals surface area contributed by atoms with Gasteiger partial charge < -0.3 is 24.7 Å². The lowest BCUT2D eigenvalue weighted by molar-refractivity contribution is -0.151. The summed E-state index contributed by atoms with van der Waals surface area (Å²) in [6.07, 6.45) is 4.12. The second kappa shape index (κ2) is 5.90. The van der Waals surface area contributed by atoms with Crippen molar-refractivity contribution in [2.45, 2.75) is 57.0 Å². The van der Waals surface area contributed by atoms with Gasteiger partial charge >= 0.3 is 5.97 Å². The lowest BCUT2D eigenvalue weighted by atomic mass is 9.60. The molecule has 1 saturated heterocycles. The lowest BCUT2D eigenvalue weighted by Gasteiger charge is -2.42. The number of carbonyl (C=O) groups is 2. The van der Waals surface area contributed by atoms with E-state index in [-0.39, 0.29) is 18.4 Å². The van der Waals surface area contributed by atoms with Crippen LogP contribution < -0.4 is 5.32 Å².